The Morgan fingerprint density at radius 3 is 2.81 bits per heavy atom. The molecule has 2 heteroatoms. The maximum atomic E-state index is 10.4. The number of aliphatic hydroxyl groups excluding tert-OH is 1. The van der Waals surface area contributed by atoms with Crippen LogP contribution in [0.2, 0.25) is 0 Å². The van der Waals surface area contributed by atoms with Crippen LogP contribution in [0.4, 0.5) is 0 Å². The summed E-state index contributed by atoms with van der Waals surface area (Å²) in [4.78, 5) is 0. The van der Waals surface area contributed by atoms with E-state index in [2.05, 4.69) is 25.2 Å². The van der Waals surface area contributed by atoms with Gasteiger partial charge in [-0.05, 0) is 49.9 Å². The van der Waals surface area contributed by atoms with E-state index in [1.54, 1.807) is 0 Å². The van der Waals surface area contributed by atoms with Gasteiger partial charge in [0.05, 0.1) is 6.10 Å². The standard InChI is InChI=1S/C14H21NO/c1-10-6-5-7-12(11(10)2)14(16)13-8-3-4-9-15-13/h5-7,13-16H,3-4,8-9H2,1-2H3. The minimum atomic E-state index is -0.361. The van der Waals surface area contributed by atoms with Crippen LogP contribution in [-0.4, -0.2) is 17.7 Å². The molecular formula is C14H21NO. The average molecular weight is 219 g/mol. The van der Waals surface area contributed by atoms with Crippen molar-refractivity contribution in [1.29, 1.82) is 0 Å². The van der Waals surface area contributed by atoms with E-state index in [-0.39, 0.29) is 12.1 Å². The zero-order valence-corrected chi connectivity index (χ0v) is 10.2. The van der Waals surface area contributed by atoms with E-state index in [0.29, 0.717) is 0 Å². The minimum Gasteiger partial charge on any atom is -0.387 e. The van der Waals surface area contributed by atoms with Gasteiger partial charge in [0.15, 0.2) is 0 Å². The Kier molecular flexibility index (Phi) is 3.62. The lowest BCUT2D eigenvalue weighted by molar-refractivity contribution is 0.113. The molecule has 2 atom stereocenters. The monoisotopic (exact) mass is 219 g/mol. The molecule has 16 heavy (non-hydrogen) atoms. The molecule has 1 aromatic rings. The first-order valence-electron chi connectivity index (χ1n) is 6.17. The van der Waals surface area contributed by atoms with E-state index in [0.717, 1.165) is 18.5 Å². The summed E-state index contributed by atoms with van der Waals surface area (Å²) in [6.45, 7) is 5.23. The molecule has 0 spiro atoms. The van der Waals surface area contributed by atoms with Gasteiger partial charge in [0.25, 0.3) is 0 Å². The summed E-state index contributed by atoms with van der Waals surface area (Å²) in [6, 6.07) is 6.40. The van der Waals surface area contributed by atoms with Gasteiger partial charge in [0, 0.05) is 6.04 Å². The van der Waals surface area contributed by atoms with Crippen LogP contribution in [0.15, 0.2) is 18.2 Å². The lowest BCUT2D eigenvalue weighted by Gasteiger charge is -2.29. The first kappa shape index (κ1) is 11.6. The molecule has 0 amide bonds. The van der Waals surface area contributed by atoms with Crippen LogP contribution in [0.1, 0.15) is 42.1 Å². The van der Waals surface area contributed by atoms with Crippen LogP contribution in [0, 0.1) is 13.8 Å². The van der Waals surface area contributed by atoms with Crippen molar-refractivity contribution >= 4 is 0 Å². The smallest absolute Gasteiger partial charge is 0.0945 e. The molecule has 2 N–H and O–H groups in total. The van der Waals surface area contributed by atoms with Crippen molar-refractivity contribution in [1.82, 2.24) is 5.32 Å². The van der Waals surface area contributed by atoms with Crippen LogP contribution >= 0.6 is 0 Å². The molecular weight excluding hydrogens is 198 g/mol. The van der Waals surface area contributed by atoms with Crippen LogP contribution in [0.3, 0.4) is 0 Å². The summed E-state index contributed by atoms with van der Waals surface area (Å²) >= 11 is 0. The second-order valence-electron chi connectivity index (χ2n) is 4.79. The molecule has 0 radical (unpaired) electrons. The molecule has 1 saturated heterocycles. The van der Waals surface area contributed by atoms with Gasteiger partial charge in [-0.15, -0.1) is 0 Å². The summed E-state index contributed by atoms with van der Waals surface area (Å²) in [5, 5.41) is 13.8. The van der Waals surface area contributed by atoms with Crippen molar-refractivity contribution < 1.29 is 5.11 Å². The van der Waals surface area contributed by atoms with Gasteiger partial charge in [-0.25, -0.2) is 0 Å². The number of benzene rings is 1. The molecule has 2 rings (SSSR count). The van der Waals surface area contributed by atoms with Crippen LogP contribution in [0.25, 0.3) is 0 Å². The van der Waals surface area contributed by atoms with Crippen molar-refractivity contribution in [3.63, 3.8) is 0 Å². The maximum absolute atomic E-state index is 10.4. The van der Waals surface area contributed by atoms with Crippen molar-refractivity contribution in [2.45, 2.75) is 45.3 Å². The molecule has 0 aromatic heterocycles. The third-order valence-corrected chi connectivity index (χ3v) is 3.69. The predicted molar refractivity (Wildman–Crippen MR) is 66.5 cm³/mol. The fourth-order valence-electron chi connectivity index (χ4n) is 2.46. The van der Waals surface area contributed by atoms with Gasteiger partial charge in [-0.1, -0.05) is 24.6 Å². The minimum absolute atomic E-state index is 0.231. The highest BCUT2D eigenvalue weighted by Gasteiger charge is 2.23. The van der Waals surface area contributed by atoms with Crippen LogP contribution in [0.5, 0.6) is 0 Å². The number of rotatable bonds is 2. The van der Waals surface area contributed by atoms with Gasteiger partial charge < -0.3 is 10.4 Å². The predicted octanol–water partition coefficient (Wildman–Crippen LogP) is 2.48. The lowest BCUT2D eigenvalue weighted by atomic mass is 9.91. The summed E-state index contributed by atoms with van der Waals surface area (Å²) < 4.78 is 0. The summed E-state index contributed by atoms with van der Waals surface area (Å²) in [6.07, 6.45) is 3.17. The van der Waals surface area contributed by atoms with Crippen LogP contribution in [-0.2, 0) is 0 Å². The van der Waals surface area contributed by atoms with Crippen molar-refractivity contribution in [2.75, 3.05) is 6.54 Å². The summed E-state index contributed by atoms with van der Waals surface area (Å²) in [5.41, 5.74) is 3.56. The number of hydrogen-bond donors (Lipinski definition) is 2. The quantitative estimate of drug-likeness (QED) is 0.801. The molecule has 88 valence electrons. The zero-order chi connectivity index (χ0) is 11.5. The molecule has 1 aliphatic heterocycles. The number of hydrogen-bond acceptors (Lipinski definition) is 2. The molecule has 0 saturated carbocycles. The molecule has 0 aliphatic carbocycles. The highest BCUT2D eigenvalue weighted by atomic mass is 16.3. The second-order valence-corrected chi connectivity index (χ2v) is 4.79. The molecule has 2 nitrogen and oxygen atoms in total. The molecule has 1 aliphatic rings. The van der Waals surface area contributed by atoms with E-state index < -0.39 is 0 Å². The van der Waals surface area contributed by atoms with Gasteiger partial charge in [-0.2, -0.15) is 0 Å². The van der Waals surface area contributed by atoms with E-state index >= 15 is 0 Å². The zero-order valence-electron chi connectivity index (χ0n) is 10.2. The Bertz CT molecular complexity index is 356. The number of piperidine rings is 1. The summed E-state index contributed by atoms with van der Waals surface area (Å²) in [5.74, 6) is 0. The Morgan fingerprint density at radius 1 is 1.31 bits per heavy atom. The topological polar surface area (TPSA) is 32.3 Å². The van der Waals surface area contributed by atoms with E-state index in [4.69, 9.17) is 0 Å². The van der Waals surface area contributed by atoms with Crippen LogP contribution < -0.4 is 5.32 Å². The van der Waals surface area contributed by atoms with Gasteiger partial charge in [0.1, 0.15) is 0 Å². The first-order chi connectivity index (χ1) is 7.70. The van der Waals surface area contributed by atoms with Gasteiger partial charge >= 0.3 is 0 Å². The highest BCUT2D eigenvalue weighted by Crippen LogP contribution is 2.26. The third kappa shape index (κ3) is 2.28. The number of aliphatic hydroxyl groups is 1. The van der Waals surface area contributed by atoms with Gasteiger partial charge in [-0.3, -0.25) is 0 Å². The number of aryl methyl sites for hydroxylation is 1. The fourth-order valence-corrected chi connectivity index (χ4v) is 2.46. The summed E-state index contributed by atoms with van der Waals surface area (Å²) in [7, 11) is 0. The average Bonchev–Trinajstić information content (AvgIpc) is 2.33. The van der Waals surface area contributed by atoms with Gasteiger partial charge in [0.2, 0.25) is 0 Å². The molecule has 2 unspecified atom stereocenters. The molecule has 1 aromatic carbocycles. The highest BCUT2D eigenvalue weighted by molar-refractivity contribution is 5.35. The van der Waals surface area contributed by atoms with Crippen molar-refractivity contribution in [2.24, 2.45) is 0 Å². The Morgan fingerprint density at radius 2 is 2.12 bits per heavy atom. The lowest BCUT2D eigenvalue weighted by Crippen LogP contribution is -2.39. The number of nitrogens with one attached hydrogen (secondary N) is 1. The Balaban J connectivity index is 2.19. The molecule has 1 heterocycles. The molecule has 0 bridgehead atoms. The third-order valence-electron chi connectivity index (χ3n) is 3.69. The largest absolute Gasteiger partial charge is 0.387 e. The second kappa shape index (κ2) is 4.98. The maximum Gasteiger partial charge on any atom is 0.0945 e. The SMILES string of the molecule is Cc1cccc(C(O)C2CCCCN2)c1C. The Hall–Kier alpha value is -0.860. The van der Waals surface area contributed by atoms with Crippen molar-refractivity contribution in [3.05, 3.63) is 34.9 Å². The normalized spacial score (nSPS) is 23.1. The van der Waals surface area contributed by atoms with E-state index in [9.17, 15) is 5.11 Å². The van der Waals surface area contributed by atoms with E-state index in [1.165, 1.54) is 24.0 Å². The molecule has 1 fully saturated rings. The first-order valence-corrected chi connectivity index (χ1v) is 6.17. The Labute approximate surface area is 97.7 Å². The fraction of sp³-hybridized carbons (Fsp3) is 0.571. The van der Waals surface area contributed by atoms with E-state index in [1.807, 2.05) is 12.1 Å². The van der Waals surface area contributed by atoms with Crippen molar-refractivity contribution in [3.8, 4) is 0 Å².